The zero-order valence-corrected chi connectivity index (χ0v) is 9.94. The number of carbonyl (C=O) groups excluding carboxylic acids is 1. The zero-order valence-electron chi connectivity index (χ0n) is 9.94. The molecule has 1 amide bonds. The number of hydrogen-bond donors (Lipinski definition) is 2. The van der Waals surface area contributed by atoms with Crippen LogP contribution in [0.3, 0.4) is 0 Å². The van der Waals surface area contributed by atoms with Crippen molar-refractivity contribution in [1.29, 1.82) is 0 Å². The minimum Gasteiger partial charge on any atom is -0.318 e. The predicted molar refractivity (Wildman–Crippen MR) is 66.7 cm³/mol. The molecule has 19 heavy (non-hydrogen) atoms. The Morgan fingerprint density at radius 2 is 2.00 bits per heavy atom. The van der Waals surface area contributed by atoms with Crippen molar-refractivity contribution in [3.8, 4) is 0 Å². The van der Waals surface area contributed by atoms with Gasteiger partial charge < -0.3 is 10.3 Å². The first-order chi connectivity index (χ1) is 8.99. The van der Waals surface area contributed by atoms with Gasteiger partial charge in [0.1, 0.15) is 11.5 Å². The van der Waals surface area contributed by atoms with Gasteiger partial charge >= 0.3 is 5.69 Å². The molecule has 0 fully saturated rings. The zero-order chi connectivity index (χ0) is 14.0. The van der Waals surface area contributed by atoms with Crippen LogP contribution in [0.2, 0.25) is 0 Å². The maximum atomic E-state index is 13.3. The number of benzene rings is 1. The molecule has 0 bridgehead atoms. The number of anilines is 1. The average molecular weight is 263 g/mol. The van der Waals surface area contributed by atoms with Gasteiger partial charge in [-0.05, 0) is 12.1 Å². The Bertz CT molecular complexity index is 717. The topological polar surface area (TPSA) is 84.0 Å². The van der Waals surface area contributed by atoms with Crippen LogP contribution in [0, 0.1) is 5.82 Å². The van der Waals surface area contributed by atoms with Crippen molar-refractivity contribution in [3.05, 3.63) is 62.7 Å². The van der Waals surface area contributed by atoms with E-state index < -0.39 is 23.0 Å². The highest BCUT2D eigenvalue weighted by molar-refractivity contribution is 6.02. The minimum absolute atomic E-state index is 0.0333. The van der Waals surface area contributed by atoms with Gasteiger partial charge in [-0.2, -0.15) is 0 Å². The molecule has 0 aliphatic rings. The number of halogens is 1. The van der Waals surface area contributed by atoms with Gasteiger partial charge in [0.15, 0.2) is 0 Å². The van der Waals surface area contributed by atoms with E-state index in [0.29, 0.717) is 0 Å². The Morgan fingerprint density at radius 3 is 2.63 bits per heavy atom. The highest BCUT2D eigenvalue weighted by Gasteiger charge is 2.11. The van der Waals surface area contributed by atoms with Gasteiger partial charge in [-0.1, -0.05) is 12.1 Å². The monoisotopic (exact) mass is 263 g/mol. The van der Waals surface area contributed by atoms with Crippen LogP contribution in [0.1, 0.15) is 10.5 Å². The van der Waals surface area contributed by atoms with Crippen LogP contribution in [-0.4, -0.2) is 15.5 Å². The number of carbonyl (C=O) groups is 1. The van der Waals surface area contributed by atoms with Gasteiger partial charge in [0.05, 0.1) is 5.69 Å². The van der Waals surface area contributed by atoms with Crippen molar-refractivity contribution >= 4 is 11.6 Å². The molecule has 0 unspecified atom stereocenters. The van der Waals surface area contributed by atoms with E-state index in [4.69, 9.17) is 0 Å². The lowest BCUT2D eigenvalue weighted by atomic mass is 10.3. The van der Waals surface area contributed by atoms with Gasteiger partial charge in [0.25, 0.3) is 11.5 Å². The van der Waals surface area contributed by atoms with Crippen LogP contribution in [0.15, 0.2) is 39.9 Å². The van der Waals surface area contributed by atoms with E-state index in [1.54, 1.807) is 6.07 Å². The molecule has 0 saturated carbocycles. The minimum atomic E-state index is -0.764. The summed E-state index contributed by atoms with van der Waals surface area (Å²) in [5.41, 5.74) is -1.60. The fraction of sp³-hybridized carbons (Fsp3) is 0.0833. The molecule has 0 atom stereocenters. The molecule has 2 N–H and O–H groups in total. The fourth-order valence-corrected chi connectivity index (χ4v) is 1.43. The molecule has 2 aromatic rings. The second-order valence-corrected chi connectivity index (χ2v) is 3.82. The molecule has 1 heterocycles. The third kappa shape index (κ3) is 2.59. The highest BCUT2D eigenvalue weighted by Crippen LogP contribution is 2.12. The van der Waals surface area contributed by atoms with Crippen LogP contribution in [0.5, 0.6) is 0 Å². The SMILES string of the molecule is Cn1c(=O)cc(C(=O)Nc2ccccc2F)[nH]c1=O. The summed E-state index contributed by atoms with van der Waals surface area (Å²) in [7, 11) is 1.28. The fourth-order valence-electron chi connectivity index (χ4n) is 1.43. The molecule has 0 aliphatic heterocycles. The quantitative estimate of drug-likeness (QED) is 0.825. The summed E-state index contributed by atoms with van der Waals surface area (Å²) >= 11 is 0. The summed E-state index contributed by atoms with van der Waals surface area (Å²) in [6.07, 6.45) is 0. The Balaban J connectivity index is 2.34. The van der Waals surface area contributed by atoms with Crippen molar-refractivity contribution in [2.75, 3.05) is 5.32 Å². The number of nitrogens with zero attached hydrogens (tertiary/aromatic N) is 1. The summed E-state index contributed by atoms with van der Waals surface area (Å²) in [6, 6.07) is 6.54. The van der Waals surface area contributed by atoms with Crippen molar-refractivity contribution in [2.45, 2.75) is 0 Å². The smallest absolute Gasteiger partial charge is 0.318 e. The molecule has 0 radical (unpaired) electrons. The van der Waals surface area contributed by atoms with Gasteiger partial charge in [-0.25, -0.2) is 9.18 Å². The number of para-hydroxylation sites is 1. The number of aromatic nitrogens is 2. The summed E-state index contributed by atoms with van der Waals surface area (Å²) in [5.74, 6) is -1.37. The summed E-state index contributed by atoms with van der Waals surface area (Å²) in [6.45, 7) is 0. The Labute approximate surface area is 106 Å². The molecule has 0 aliphatic carbocycles. The molecule has 6 nitrogen and oxygen atoms in total. The number of H-pyrrole nitrogens is 1. The number of nitrogens with one attached hydrogen (secondary N) is 2. The number of hydrogen-bond acceptors (Lipinski definition) is 3. The van der Waals surface area contributed by atoms with Gasteiger partial charge in [0.2, 0.25) is 0 Å². The van der Waals surface area contributed by atoms with Crippen molar-refractivity contribution in [3.63, 3.8) is 0 Å². The summed E-state index contributed by atoms with van der Waals surface area (Å²) < 4.78 is 14.2. The molecular formula is C12H10FN3O3. The van der Waals surface area contributed by atoms with E-state index in [0.717, 1.165) is 10.6 Å². The molecule has 1 aromatic heterocycles. The molecule has 98 valence electrons. The largest absolute Gasteiger partial charge is 0.328 e. The molecular weight excluding hydrogens is 253 g/mol. The standard InChI is InChI=1S/C12H10FN3O3/c1-16-10(17)6-9(15-12(16)19)11(18)14-8-5-3-2-4-7(8)13/h2-6H,1H3,(H,14,18)(H,15,19). The van der Waals surface area contributed by atoms with Gasteiger partial charge in [0, 0.05) is 13.1 Å². The third-order valence-electron chi connectivity index (χ3n) is 2.51. The lowest BCUT2D eigenvalue weighted by molar-refractivity contribution is 0.102. The highest BCUT2D eigenvalue weighted by atomic mass is 19.1. The Morgan fingerprint density at radius 1 is 1.32 bits per heavy atom. The van der Waals surface area contributed by atoms with Crippen molar-refractivity contribution in [1.82, 2.24) is 9.55 Å². The maximum absolute atomic E-state index is 13.3. The van der Waals surface area contributed by atoms with E-state index in [2.05, 4.69) is 10.3 Å². The van der Waals surface area contributed by atoms with E-state index in [1.165, 1.54) is 25.2 Å². The van der Waals surface area contributed by atoms with Crippen LogP contribution >= 0.6 is 0 Å². The van der Waals surface area contributed by atoms with E-state index in [1.807, 2.05) is 0 Å². The van der Waals surface area contributed by atoms with E-state index in [9.17, 15) is 18.8 Å². The normalized spacial score (nSPS) is 10.2. The van der Waals surface area contributed by atoms with Crippen molar-refractivity contribution < 1.29 is 9.18 Å². The Hall–Kier alpha value is -2.70. The second-order valence-electron chi connectivity index (χ2n) is 3.82. The van der Waals surface area contributed by atoms with Crippen LogP contribution in [0.4, 0.5) is 10.1 Å². The summed E-state index contributed by atoms with van der Waals surface area (Å²) in [5, 5.41) is 2.27. The lowest BCUT2D eigenvalue weighted by Crippen LogP contribution is -2.34. The van der Waals surface area contributed by atoms with Crippen molar-refractivity contribution in [2.24, 2.45) is 7.05 Å². The van der Waals surface area contributed by atoms with Gasteiger partial charge in [-0.3, -0.25) is 14.2 Å². The first-order valence-corrected chi connectivity index (χ1v) is 5.35. The Kier molecular flexibility index (Phi) is 3.28. The van der Waals surface area contributed by atoms with E-state index >= 15 is 0 Å². The third-order valence-corrected chi connectivity index (χ3v) is 2.51. The van der Waals surface area contributed by atoms with Crippen LogP contribution in [0.25, 0.3) is 0 Å². The first-order valence-electron chi connectivity index (χ1n) is 5.35. The molecule has 2 rings (SSSR count). The van der Waals surface area contributed by atoms with Crippen LogP contribution in [-0.2, 0) is 7.05 Å². The van der Waals surface area contributed by atoms with Crippen LogP contribution < -0.4 is 16.6 Å². The first kappa shape index (κ1) is 12.7. The second kappa shape index (κ2) is 4.89. The number of rotatable bonds is 2. The lowest BCUT2D eigenvalue weighted by Gasteiger charge is -2.06. The molecule has 0 saturated heterocycles. The average Bonchev–Trinajstić information content (AvgIpc) is 2.38. The molecule has 7 heteroatoms. The number of aromatic amines is 1. The maximum Gasteiger partial charge on any atom is 0.328 e. The molecule has 0 spiro atoms. The predicted octanol–water partition coefficient (Wildman–Crippen LogP) is 0.465. The summed E-state index contributed by atoms with van der Waals surface area (Å²) in [4.78, 5) is 36.7. The number of amides is 1. The van der Waals surface area contributed by atoms with Gasteiger partial charge in [-0.15, -0.1) is 0 Å². The molecule has 1 aromatic carbocycles. The van der Waals surface area contributed by atoms with E-state index in [-0.39, 0.29) is 11.4 Å².